The van der Waals surface area contributed by atoms with Crippen LogP contribution in [0.15, 0.2) is 12.1 Å². The molecule has 0 spiro atoms. The predicted molar refractivity (Wildman–Crippen MR) is 51.2 cm³/mol. The lowest BCUT2D eigenvalue weighted by atomic mass is 10.0. The molecule has 0 bridgehead atoms. The van der Waals surface area contributed by atoms with E-state index in [1.165, 1.54) is 0 Å². The molecule has 0 saturated heterocycles. The quantitative estimate of drug-likeness (QED) is 0.366. The van der Waals surface area contributed by atoms with Gasteiger partial charge in [0.25, 0.3) is 0 Å². The molecule has 2 atom stereocenters. The Labute approximate surface area is 80.9 Å². The van der Waals surface area contributed by atoms with E-state index in [9.17, 15) is 10.0 Å². The molecular formula is C9H11N3O2. The Morgan fingerprint density at radius 3 is 2.79 bits per heavy atom. The van der Waals surface area contributed by atoms with E-state index >= 15 is 0 Å². The number of benzene rings is 1. The maximum atomic E-state index is 11.4. The molecule has 0 aliphatic carbocycles. The van der Waals surface area contributed by atoms with Crippen LogP contribution in [0.1, 0.15) is 27.7 Å². The highest BCUT2D eigenvalue weighted by atomic mass is 16.5. The van der Waals surface area contributed by atoms with Gasteiger partial charge in [0, 0.05) is 11.3 Å². The van der Waals surface area contributed by atoms with E-state index in [1.54, 1.807) is 12.1 Å². The normalized spacial score (nSPS) is 25.2. The van der Waals surface area contributed by atoms with Crippen molar-refractivity contribution in [3.63, 3.8) is 0 Å². The summed E-state index contributed by atoms with van der Waals surface area (Å²) in [5.41, 5.74) is 13.3. The highest BCUT2D eigenvalue weighted by Gasteiger charge is 2.36. The molecule has 2 rings (SSSR count). The van der Waals surface area contributed by atoms with Crippen molar-refractivity contribution in [1.82, 2.24) is 0 Å². The van der Waals surface area contributed by atoms with Gasteiger partial charge >= 0.3 is 5.91 Å². The van der Waals surface area contributed by atoms with Crippen LogP contribution in [0.5, 0.6) is 0 Å². The van der Waals surface area contributed by atoms with E-state index in [4.69, 9.17) is 11.5 Å². The van der Waals surface area contributed by atoms with Crippen molar-refractivity contribution >= 4 is 11.6 Å². The van der Waals surface area contributed by atoms with Gasteiger partial charge in [-0.2, -0.15) is 0 Å². The van der Waals surface area contributed by atoms with E-state index in [-0.39, 0.29) is 5.56 Å². The second-order valence-electron chi connectivity index (χ2n) is 3.49. The average molecular weight is 193 g/mol. The fraction of sp³-hybridized carbons (Fsp3) is 0.222. The topological polar surface area (TPSA) is 96.6 Å². The number of nitrogens with two attached hydrogens (primary N) is 2. The number of quaternary nitrogens is 1. The van der Waals surface area contributed by atoms with Crippen molar-refractivity contribution in [3.05, 3.63) is 34.0 Å². The molecule has 0 radical (unpaired) electrons. The number of amides is 1. The highest BCUT2D eigenvalue weighted by Crippen LogP contribution is 2.25. The minimum atomic E-state index is -0.834. The molecule has 74 valence electrons. The number of carbonyl (C=O) groups is 1. The predicted octanol–water partition coefficient (Wildman–Crippen LogP) is -0.929. The monoisotopic (exact) mass is 193 g/mol. The van der Waals surface area contributed by atoms with Gasteiger partial charge in [0.05, 0.1) is 0 Å². The molecule has 0 saturated carbocycles. The first-order valence-electron chi connectivity index (χ1n) is 4.26. The van der Waals surface area contributed by atoms with Crippen molar-refractivity contribution in [2.24, 2.45) is 5.73 Å². The molecule has 1 heterocycles. The van der Waals surface area contributed by atoms with Crippen LogP contribution in [0.3, 0.4) is 0 Å². The zero-order chi connectivity index (χ0) is 10.5. The van der Waals surface area contributed by atoms with Gasteiger partial charge in [-0.25, -0.2) is 4.79 Å². The van der Waals surface area contributed by atoms with Gasteiger partial charge in [-0.1, -0.05) is 0 Å². The number of carbonyl (C=O) groups excluding carboxylic acids is 1. The number of fused-ring (bicyclic) bond motifs is 1. The first-order valence-corrected chi connectivity index (χ1v) is 4.26. The summed E-state index contributed by atoms with van der Waals surface area (Å²) in [7, 11) is 0. The van der Waals surface area contributed by atoms with Gasteiger partial charge < -0.3 is 10.9 Å². The molecule has 14 heavy (non-hydrogen) atoms. The number of aryl methyl sites for hydroxylation is 1. The van der Waals surface area contributed by atoms with Crippen molar-refractivity contribution in [2.45, 2.75) is 13.1 Å². The third kappa shape index (κ3) is 1.04. The number of nitrogen functional groups attached to an aromatic ring is 1. The molecule has 5 heteroatoms. The third-order valence-corrected chi connectivity index (χ3v) is 2.41. The Balaban J connectivity index is 2.69. The lowest BCUT2D eigenvalue weighted by Crippen LogP contribution is -3.09. The molecule has 5 N–H and O–H groups in total. The first kappa shape index (κ1) is 9.14. The molecular weight excluding hydrogens is 182 g/mol. The van der Waals surface area contributed by atoms with Crippen LogP contribution in [-0.2, 0) is 0 Å². The Morgan fingerprint density at radius 2 is 2.14 bits per heavy atom. The molecule has 0 fully saturated rings. The van der Waals surface area contributed by atoms with Crippen molar-refractivity contribution in [3.8, 4) is 0 Å². The lowest BCUT2D eigenvalue weighted by Gasteiger charge is -2.17. The van der Waals surface area contributed by atoms with E-state index < -0.39 is 17.1 Å². The second-order valence-corrected chi connectivity index (χ2v) is 3.49. The van der Waals surface area contributed by atoms with Crippen LogP contribution in [-0.4, -0.2) is 5.91 Å². The number of hydroxylamine groups is 2. The zero-order valence-corrected chi connectivity index (χ0v) is 7.70. The van der Waals surface area contributed by atoms with Gasteiger partial charge in [-0.05, 0) is 24.6 Å². The average Bonchev–Trinajstić information content (AvgIpc) is 2.31. The van der Waals surface area contributed by atoms with Crippen LogP contribution in [0.4, 0.5) is 5.69 Å². The standard InChI is InChI=1S/C9H11N3O2/c1-4-2-5-7(6(10)3-4)9(13)12(14)8(5)11/h2-3,8,12H,10-11H2,1H3. The maximum absolute atomic E-state index is 11.4. The van der Waals surface area contributed by atoms with E-state index in [0.717, 1.165) is 5.56 Å². The van der Waals surface area contributed by atoms with Crippen LogP contribution in [0.2, 0.25) is 0 Å². The zero-order valence-electron chi connectivity index (χ0n) is 7.70. The number of rotatable bonds is 0. The van der Waals surface area contributed by atoms with Gasteiger partial charge in [0.2, 0.25) is 0 Å². The third-order valence-electron chi connectivity index (χ3n) is 2.41. The van der Waals surface area contributed by atoms with Gasteiger partial charge in [-0.3, -0.25) is 10.8 Å². The van der Waals surface area contributed by atoms with E-state index in [1.807, 2.05) is 6.92 Å². The summed E-state index contributed by atoms with van der Waals surface area (Å²) < 4.78 is 0. The highest BCUT2D eigenvalue weighted by molar-refractivity contribution is 5.97. The molecule has 1 aromatic carbocycles. The Kier molecular flexibility index (Phi) is 1.81. The van der Waals surface area contributed by atoms with E-state index in [0.29, 0.717) is 11.3 Å². The molecule has 1 aromatic rings. The smallest absolute Gasteiger partial charge is 0.348 e. The van der Waals surface area contributed by atoms with Crippen molar-refractivity contribution in [2.75, 3.05) is 5.73 Å². The summed E-state index contributed by atoms with van der Waals surface area (Å²) >= 11 is 0. The summed E-state index contributed by atoms with van der Waals surface area (Å²) in [5.74, 6) is -0.565. The minimum absolute atomic E-state index is 0.285. The van der Waals surface area contributed by atoms with Crippen LogP contribution >= 0.6 is 0 Å². The molecule has 5 nitrogen and oxygen atoms in total. The summed E-state index contributed by atoms with van der Waals surface area (Å²) in [6.07, 6.45) is -0.834. The van der Waals surface area contributed by atoms with E-state index in [2.05, 4.69) is 0 Å². The lowest BCUT2D eigenvalue weighted by molar-refractivity contribution is -0.789. The van der Waals surface area contributed by atoms with Crippen LogP contribution in [0, 0.1) is 12.1 Å². The first-order chi connectivity index (χ1) is 6.52. The fourth-order valence-corrected chi connectivity index (χ4v) is 1.76. The fourth-order valence-electron chi connectivity index (χ4n) is 1.76. The number of hydrogen-bond acceptors (Lipinski definition) is 4. The molecule has 1 aliphatic rings. The Hall–Kier alpha value is -1.43. The van der Waals surface area contributed by atoms with Gasteiger partial charge in [0.1, 0.15) is 5.56 Å². The van der Waals surface area contributed by atoms with Gasteiger partial charge in [-0.15, -0.1) is 0 Å². The molecule has 1 amide bonds. The van der Waals surface area contributed by atoms with Crippen LogP contribution < -0.4 is 16.5 Å². The largest absolute Gasteiger partial charge is 0.625 e. The molecule has 1 aliphatic heterocycles. The summed E-state index contributed by atoms with van der Waals surface area (Å²) in [4.78, 5) is 11.4. The van der Waals surface area contributed by atoms with Crippen molar-refractivity contribution in [1.29, 1.82) is 0 Å². The minimum Gasteiger partial charge on any atom is -0.625 e. The Bertz CT molecular complexity index is 417. The van der Waals surface area contributed by atoms with Gasteiger partial charge in [0.15, 0.2) is 6.17 Å². The number of nitrogens with one attached hydrogen (secondary N) is 1. The summed E-state index contributed by atoms with van der Waals surface area (Å²) in [5, 5.41) is 10.7. The second kappa shape index (κ2) is 2.78. The van der Waals surface area contributed by atoms with Crippen molar-refractivity contribution < 1.29 is 9.86 Å². The number of hydrogen-bond donors (Lipinski definition) is 3. The van der Waals surface area contributed by atoms with Crippen LogP contribution in [0.25, 0.3) is 0 Å². The Morgan fingerprint density at radius 1 is 1.50 bits per heavy atom. The maximum Gasteiger partial charge on any atom is 0.348 e. The molecule has 0 aromatic heterocycles. The molecule has 2 unspecified atom stereocenters. The number of anilines is 1. The SMILES string of the molecule is Cc1cc(N)c2c(c1)C(N)[NH+]([O-])C2=O. The summed E-state index contributed by atoms with van der Waals surface area (Å²) in [6.45, 7) is 1.84. The summed E-state index contributed by atoms with van der Waals surface area (Å²) in [6, 6.07) is 3.40.